The predicted octanol–water partition coefficient (Wildman–Crippen LogP) is 11.5. The molecule has 0 radical (unpaired) electrons. The number of hydrogen-bond donors (Lipinski definition) is 0. The monoisotopic (exact) mass is 642 g/mol. The second kappa shape index (κ2) is 11.7. The molecular weight excluding hydrogens is 609 g/mol. The van der Waals surface area contributed by atoms with Crippen LogP contribution in [-0.4, -0.2) is 19.1 Å². The van der Waals surface area contributed by atoms with Gasteiger partial charge in [0.05, 0.1) is 27.9 Å². The molecule has 4 heteroatoms. The highest BCUT2D eigenvalue weighted by Crippen LogP contribution is 2.39. The van der Waals surface area contributed by atoms with E-state index >= 15 is 0 Å². The van der Waals surface area contributed by atoms with E-state index in [9.17, 15) is 0 Å². The van der Waals surface area contributed by atoms with Crippen LogP contribution in [0, 0.1) is 0 Å². The summed E-state index contributed by atoms with van der Waals surface area (Å²) in [5, 5.41) is 3.80. The lowest BCUT2D eigenvalue weighted by Gasteiger charge is -2.18. The van der Waals surface area contributed by atoms with Crippen LogP contribution >= 0.6 is 0 Å². The Kier molecular flexibility index (Phi) is 6.73. The number of aryl methyl sites for hydroxylation is 1. The molecular formula is C46H34N4. The summed E-state index contributed by atoms with van der Waals surface area (Å²) < 4.78 is 4.85. The molecule has 0 fully saturated rings. The molecule has 2 aliphatic carbocycles. The molecule has 0 aliphatic heterocycles. The molecule has 0 unspecified atom stereocenters. The van der Waals surface area contributed by atoms with Crippen LogP contribution in [0.5, 0.6) is 0 Å². The molecule has 0 amide bonds. The van der Waals surface area contributed by atoms with Crippen molar-refractivity contribution in [2.24, 2.45) is 0 Å². The van der Waals surface area contributed by atoms with Crippen molar-refractivity contribution in [3.05, 3.63) is 169 Å². The van der Waals surface area contributed by atoms with Crippen molar-refractivity contribution in [3.8, 4) is 34.0 Å². The molecule has 4 nitrogen and oxygen atoms in total. The Hall–Kier alpha value is -6.26. The summed E-state index contributed by atoms with van der Waals surface area (Å²) in [4.78, 5) is 10.6. The highest BCUT2D eigenvalue weighted by molar-refractivity contribution is 6.09. The number of hydrogen-bond acceptors (Lipinski definition) is 2. The molecule has 0 saturated carbocycles. The third-order valence-electron chi connectivity index (χ3n) is 10.3. The zero-order chi connectivity index (χ0) is 33.0. The van der Waals surface area contributed by atoms with Gasteiger partial charge in [0, 0.05) is 44.4 Å². The van der Waals surface area contributed by atoms with Crippen LogP contribution in [-0.2, 0) is 6.42 Å². The fraction of sp³-hybridized carbons (Fsp3) is 0.0870. The van der Waals surface area contributed by atoms with Crippen LogP contribution in [0.4, 0.5) is 0 Å². The van der Waals surface area contributed by atoms with Crippen LogP contribution in [0.1, 0.15) is 36.2 Å². The lowest BCUT2D eigenvalue weighted by molar-refractivity contribution is 0.966. The molecule has 0 bridgehead atoms. The Morgan fingerprint density at radius 3 is 1.84 bits per heavy atom. The first-order valence-corrected chi connectivity index (χ1v) is 17.5. The van der Waals surface area contributed by atoms with E-state index in [0.29, 0.717) is 0 Å². The number of aromatic nitrogens is 4. The molecule has 5 aromatic carbocycles. The molecule has 0 N–H and O–H groups in total. The van der Waals surface area contributed by atoms with Gasteiger partial charge in [-0.3, -0.25) is 0 Å². The Balaban J connectivity index is 1.29. The smallest absolute Gasteiger partial charge is 0.160 e. The van der Waals surface area contributed by atoms with Gasteiger partial charge in [0.1, 0.15) is 0 Å². The van der Waals surface area contributed by atoms with Crippen LogP contribution in [0.2, 0.25) is 0 Å². The highest BCUT2D eigenvalue weighted by Gasteiger charge is 2.22. The average Bonchev–Trinajstić information content (AvgIpc) is 3.71. The van der Waals surface area contributed by atoms with Gasteiger partial charge in [0.2, 0.25) is 0 Å². The lowest BCUT2D eigenvalue weighted by atomic mass is 10.00. The highest BCUT2D eigenvalue weighted by atomic mass is 15.0. The molecule has 50 heavy (non-hydrogen) atoms. The van der Waals surface area contributed by atoms with Crippen molar-refractivity contribution >= 4 is 44.4 Å². The first-order chi connectivity index (χ1) is 24.8. The number of para-hydroxylation sites is 3. The minimum absolute atomic E-state index is 0.724. The largest absolute Gasteiger partial charge is 0.309 e. The third kappa shape index (κ3) is 4.67. The number of allylic oxidation sites excluding steroid dienone is 5. The van der Waals surface area contributed by atoms with Crippen LogP contribution in [0.15, 0.2) is 152 Å². The van der Waals surface area contributed by atoms with E-state index in [1.807, 2.05) is 0 Å². The number of rotatable bonds is 5. The molecule has 3 heterocycles. The van der Waals surface area contributed by atoms with Crippen LogP contribution in [0.25, 0.3) is 78.4 Å². The van der Waals surface area contributed by atoms with Crippen molar-refractivity contribution in [3.63, 3.8) is 0 Å². The van der Waals surface area contributed by atoms with Gasteiger partial charge < -0.3 is 9.13 Å². The molecule has 8 aromatic rings. The Morgan fingerprint density at radius 2 is 1.12 bits per heavy atom. The average molecular weight is 643 g/mol. The maximum atomic E-state index is 5.33. The van der Waals surface area contributed by atoms with Gasteiger partial charge in [0.15, 0.2) is 5.82 Å². The third-order valence-corrected chi connectivity index (χ3v) is 10.3. The van der Waals surface area contributed by atoms with E-state index in [4.69, 9.17) is 9.97 Å². The summed E-state index contributed by atoms with van der Waals surface area (Å²) >= 11 is 0. The van der Waals surface area contributed by atoms with E-state index in [1.165, 1.54) is 49.5 Å². The van der Waals surface area contributed by atoms with Gasteiger partial charge in [-0.05, 0) is 85.4 Å². The minimum atomic E-state index is 0.724. The fourth-order valence-electron chi connectivity index (χ4n) is 7.96. The van der Waals surface area contributed by atoms with Crippen molar-refractivity contribution < 1.29 is 0 Å². The summed E-state index contributed by atoms with van der Waals surface area (Å²) in [6.45, 7) is 0. The lowest BCUT2D eigenvalue weighted by Crippen LogP contribution is -2.05. The SMILES string of the molecule is C1=CCCC(c2cc(-c3ccccc3)nc(-c3cc(-n4c5c(c6ccccc64)CCC=C5)cc(-n4c5ccccc5c5ccccc54)c3)n2)=C1. The Labute approximate surface area is 291 Å². The molecule has 0 spiro atoms. The minimum Gasteiger partial charge on any atom is -0.309 e. The van der Waals surface area contributed by atoms with Crippen LogP contribution < -0.4 is 0 Å². The van der Waals surface area contributed by atoms with Gasteiger partial charge in [-0.2, -0.15) is 0 Å². The molecule has 2 aliphatic rings. The number of benzene rings is 5. The number of fused-ring (bicyclic) bond motifs is 6. The first kappa shape index (κ1) is 28.7. The molecule has 0 atom stereocenters. The van der Waals surface area contributed by atoms with Gasteiger partial charge >= 0.3 is 0 Å². The fourth-order valence-corrected chi connectivity index (χ4v) is 7.96. The normalized spacial score (nSPS) is 14.0. The summed E-state index contributed by atoms with van der Waals surface area (Å²) in [6.07, 6.45) is 15.3. The molecule has 238 valence electrons. The summed E-state index contributed by atoms with van der Waals surface area (Å²) in [5.41, 5.74) is 13.6. The first-order valence-electron chi connectivity index (χ1n) is 17.5. The van der Waals surface area contributed by atoms with Crippen molar-refractivity contribution in [2.75, 3.05) is 0 Å². The Morgan fingerprint density at radius 1 is 0.500 bits per heavy atom. The summed E-state index contributed by atoms with van der Waals surface area (Å²) in [5.74, 6) is 0.724. The second-order valence-corrected chi connectivity index (χ2v) is 13.3. The van der Waals surface area contributed by atoms with Crippen molar-refractivity contribution in [2.45, 2.75) is 25.7 Å². The van der Waals surface area contributed by atoms with Crippen molar-refractivity contribution in [1.29, 1.82) is 0 Å². The maximum Gasteiger partial charge on any atom is 0.160 e. The summed E-state index contributed by atoms with van der Waals surface area (Å²) in [7, 11) is 0. The van der Waals surface area contributed by atoms with Gasteiger partial charge in [-0.25, -0.2) is 9.97 Å². The van der Waals surface area contributed by atoms with E-state index in [1.54, 1.807) is 0 Å². The van der Waals surface area contributed by atoms with E-state index < -0.39 is 0 Å². The van der Waals surface area contributed by atoms with Gasteiger partial charge in [0.25, 0.3) is 0 Å². The topological polar surface area (TPSA) is 35.6 Å². The van der Waals surface area contributed by atoms with E-state index in [-0.39, 0.29) is 0 Å². The van der Waals surface area contributed by atoms with E-state index in [0.717, 1.165) is 65.4 Å². The molecule has 0 saturated heterocycles. The predicted molar refractivity (Wildman–Crippen MR) is 208 cm³/mol. The quantitative estimate of drug-likeness (QED) is 0.187. The van der Waals surface area contributed by atoms with Gasteiger partial charge in [-0.1, -0.05) is 109 Å². The Bertz CT molecular complexity index is 2650. The van der Waals surface area contributed by atoms with Crippen LogP contribution in [0.3, 0.4) is 0 Å². The van der Waals surface area contributed by atoms with Gasteiger partial charge in [-0.15, -0.1) is 0 Å². The second-order valence-electron chi connectivity index (χ2n) is 13.3. The molecule has 3 aromatic heterocycles. The summed E-state index contributed by atoms with van der Waals surface area (Å²) in [6, 6.07) is 45.8. The zero-order valence-electron chi connectivity index (χ0n) is 27.6. The molecule has 10 rings (SSSR count). The maximum absolute atomic E-state index is 5.33. The standard InChI is InChI=1S/C46H34N4/c1-3-15-31(16-4-1)40-30-41(32-17-5-2-6-18-32)48-46(47-40)33-27-34(49-42-23-11-7-19-36(42)37-20-8-12-24-43(37)49)29-35(28-33)50-44-25-13-9-21-38(44)39-22-10-14-26-45(39)50/h1-5,7-9,11-17,19-21,23-30H,6,10,18,22H2. The zero-order valence-corrected chi connectivity index (χ0v) is 27.6. The van der Waals surface area contributed by atoms with E-state index in [2.05, 4.69) is 167 Å². The van der Waals surface area contributed by atoms with Crippen molar-refractivity contribution in [1.82, 2.24) is 19.1 Å². The number of nitrogens with zero attached hydrogens (tertiary/aromatic N) is 4.